The summed E-state index contributed by atoms with van der Waals surface area (Å²) in [5, 5.41) is 1.86. The lowest BCUT2D eigenvalue weighted by Gasteiger charge is -2.30. The fourth-order valence-corrected chi connectivity index (χ4v) is 2.96. The predicted molar refractivity (Wildman–Crippen MR) is 67.4 cm³/mol. The van der Waals surface area contributed by atoms with Crippen LogP contribution in [0.15, 0.2) is 6.20 Å². The summed E-state index contributed by atoms with van der Waals surface area (Å²) in [5.74, 6) is 6.84. The maximum Gasteiger partial charge on any atom is 0.147 e. The molecule has 0 saturated carbocycles. The minimum absolute atomic E-state index is 0.160. The van der Waals surface area contributed by atoms with Crippen molar-refractivity contribution in [3.05, 3.63) is 17.7 Å². The van der Waals surface area contributed by atoms with E-state index in [1.165, 1.54) is 18.0 Å². The molecule has 1 unspecified atom stereocenters. The number of aryl methyl sites for hydroxylation is 1. The number of hydrogen-bond donors (Lipinski definition) is 1. The summed E-state index contributed by atoms with van der Waals surface area (Å²) in [5.41, 5.74) is 1.95. The quantitative estimate of drug-likeness (QED) is 0.780. The standard InChI is InChI=1S/C11H15N5S/c1-7-10-9(17-15-7)6-13-11(14-10)8-4-2-3-5-16(8)12/h6,8H,2-5,12H2,1H3. The molecule has 1 aliphatic rings. The molecule has 0 aromatic carbocycles. The van der Waals surface area contributed by atoms with Crippen LogP contribution in [0.3, 0.4) is 0 Å². The Balaban J connectivity index is 2.01. The van der Waals surface area contributed by atoms with Gasteiger partial charge >= 0.3 is 0 Å². The molecular weight excluding hydrogens is 234 g/mol. The molecule has 3 rings (SSSR count). The van der Waals surface area contributed by atoms with Gasteiger partial charge in [0, 0.05) is 6.54 Å². The summed E-state index contributed by atoms with van der Waals surface area (Å²) in [6, 6.07) is 0.160. The number of nitrogens with two attached hydrogens (primary N) is 1. The maximum absolute atomic E-state index is 6.01. The third-order valence-corrected chi connectivity index (χ3v) is 4.10. The molecule has 2 aromatic heterocycles. The zero-order valence-corrected chi connectivity index (χ0v) is 10.6. The van der Waals surface area contributed by atoms with E-state index in [2.05, 4.69) is 14.3 Å². The second kappa shape index (κ2) is 4.29. The molecule has 0 amide bonds. The highest BCUT2D eigenvalue weighted by molar-refractivity contribution is 7.13. The highest BCUT2D eigenvalue weighted by Crippen LogP contribution is 2.28. The van der Waals surface area contributed by atoms with Crippen molar-refractivity contribution in [1.82, 2.24) is 19.4 Å². The molecule has 17 heavy (non-hydrogen) atoms. The molecule has 0 radical (unpaired) electrons. The van der Waals surface area contributed by atoms with Gasteiger partial charge in [-0.1, -0.05) is 6.42 Å². The van der Waals surface area contributed by atoms with Crippen LogP contribution in [0.5, 0.6) is 0 Å². The molecule has 1 saturated heterocycles. The fourth-order valence-electron chi connectivity index (χ4n) is 2.26. The Hall–Kier alpha value is -1.11. The molecule has 90 valence electrons. The maximum atomic E-state index is 6.01. The van der Waals surface area contributed by atoms with Crippen LogP contribution in [0.4, 0.5) is 0 Å². The average Bonchev–Trinajstić information content (AvgIpc) is 2.71. The molecular formula is C11H15N5S. The summed E-state index contributed by atoms with van der Waals surface area (Å²) < 4.78 is 5.34. The number of hydrazine groups is 1. The first kappa shape index (κ1) is 11.0. The van der Waals surface area contributed by atoms with Gasteiger partial charge in [0.15, 0.2) is 0 Å². The molecule has 1 fully saturated rings. The molecule has 0 bridgehead atoms. The Morgan fingerprint density at radius 1 is 1.47 bits per heavy atom. The Morgan fingerprint density at radius 3 is 3.18 bits per heavy atom. The largest absolute Gasteiger partial charge is 0.268 e. The summed E-state index contributed by atoms with van der Waals surface area (Å²) in [4.78, 5) is 9.06. The number of hydrogen-bond acceptors (Lipinski definition) is 6. The number of fused-ring (bicyclic) bond motifs is 1. The Bertz CT molecular complexity index is 538. The van der Waals surface area contributed by atoms with E-state index in [-0.39, 0.29) is 6.04 Å². The first-order chi connectivity index (χ1) is 8.25. The monoisotopic (exact) mass is 249 g/mol. The van der Waals surface area contributed by atoms with Gasteiger partial charge in [-0.3, -0.25) is 5.84 Å². The van der Waals surface area contributed by atoms with Crippen LogP contribution in [-0.2, 0) is 0 Å². The van der Waals surface area contributed by atoms with Crippen LogP contribution >= 0.6 is 11.5 Å². The zero-order valence-electron chi connectivity index (χ0n) is 9.76. The van der Waals surface area contributed by atoms with Crippen LogP contribution in [0.1, 0.15) is 36.8 Å². The van der Waals surface area contributed by atoms with Crippen molar-refractivity contribution in [3.63, 3.8) is 0 Å². The van der Waals surface area contributed by atoms with Crippen LogP contribution in [0.25, 0.3) is 10.2 Å². The minimum atomic E-state index is 0.160. The third-order valence-electron chi connectivity index (χ3n) is 3.24. The second-order valence-electron chi connectivity index (χ2n) is 4.46. The number of piperidine rings is 1. The average molecular weight is 249 g/mol. The van der Waals surface area contributed by atoms with Crippen molar-refractivity contribution in [2.45, 2.75) is 32.2 Å². The van der Waals surface area contributed by atoms with E-state index in [1.807, 2.05) is 18.1 Å². The lowest BCUT2D eigenvalue weighted by molar-refractivity contribution is 0.144. The molecule has 2 aromatic rings. The van der Waals surface area contributed by atoms with Crippen molar-refractivity contribution in [2.75, 3.05) is 6.54 Å². The lowest BCUT2D eigenvalue weighted by Crippen LogP contribution is -2.39. The van der Waals surface area contributed by atoms with Gasteiger partial charge in [-0.15, -0.1) is 0 Å². The van der Waals surface area contributed by atoms with Crippen LogP contribution in [0.2, 0.25) is 0 Å². The van der Waals surface area contributed by atoms with Crippen molar-refractivity contribution in [1.29, 1.82) is 0 Å². The Morgan fingerprint density at radius 2 is 2.35 bits per heavy atom. The van der Waals surface area contributed by atoms with E-state index in [0.717, 1.165) is 41.1 Å². The van der Waals surface area contributed by atoms with Gasteiger partial charge < -0.3 is 0 Å². The van der Waals surface area contributed by atoms with Crippen LogP contribution < -0.4 is 5.84 Å². The van der Waals surface area contributed by atoms with E-state index >= 15 is 0 Å². The van der Waals surface area contributed by atoms with Gasteiger partial charge in [0.2, 0.25) is 0 Å². The number of aromatic nitrogens is 3. The number of nitrogens with zero attached hydrogens (tertiary/aromatic N) is 4. The van der Waals surface area contributed by atoms with Gasteiger partial charge in [0.05, 0.1) is 22.6 Å². The first-order valence-corrected chi connectivity index (χ1v) is 6.63. The summed E-state index contributed by atoms with van der Waals surface area (Å²) in [6.07, 6.45) is 5.26. The summed E-state index contributed by atoms with van der Waals surface area (Å²) in [6.45, 7) is 2.91. The van der Waals surface area contributed by atoms with Gasteiger partial charge in [-0.05, 0) is 31.3 Å². The van der Waals surface area contributed by atoms with Crippen molar-refractivity contribution in [2.24, 2.45) is 5.84 Å². The predicted octanol–water partition coefficient (Wildman–Crippen LogP) is 1.80. The minimum Gasteiger partial charge on any atom is -0.268 e. The molecule has 1 atom stereocenters. The first-order valence-electron chi connectivity index (χ1n) is 5.86. The molecule has 5 nitrogen and oxygen atoms in total. The van der Waals surface area contributed by atoms with Crippen molar-refractivity contribution < 1.29 is 0 Å². The Labute approximate surface area is 104 Å². The van der Waals surface area contributed by atoms with Gasteiger partial charge in [-0.25, -0.2) is 15.0 Å². The normalized spacial score (nSPS) is 22.1. The Kier molecular flexibility index (Phi) is 2.78. The van der Waals surface area contributed by atoms with E-state index in [0.29, 0.717) is 0 Å². The zero-order chi connectivity index (χ0) is 11.8. The number of rotatable bonds is 1. The van der Waals surface area contributed by atoms with Crippen molar-refractivity contribution in [3.8, 4) is 0 Å². The SMILES string of the molecule is Cc1nsc2cnc(C3CCCCN3N)nc12. The van der Waals surface area contributed by atoms with Gasteiger partial charge in [0.1, 0.15) is 11.3 Å². The highest BCUT2D eigenvalue weighted by atomic mass is 32.1. The summed E-state index contributed by atoms with van der Waals surface area (Å²) in [7, 11) is 0. The topological polar surface area (TPSA) is 67.9 Å². The smallest absolute Gasteiger partial charge is 0.147 e. The molecule has 2 N–H and O–H groups in total. The highest BCUT2D eigenvalue weighted by Gasteiger charge is 2.24. The van der Waals surface area contributed by atoms with E-state index < -0.39 is 0 Å². The van der Waals surface area contributed by atoms with E-state index in [4.69, 9.17) is 5.84 Å². The fraction of sp³-hybridized carbons (Fsp3) is 0.545. The van der Waals surface area contributed by atoms with E-state index in [9.17, 15) is 0 Å². The molecule has 6 heteroatoms. The van der Waals surface area contributed by atoms with Crippen molar-refractivity contribution >= 4 is 21.7 Å². The van der Waals surface area contributed by atoms with E-state index in [1.54, 1.807) is 0 Å². The third kappa shape index (κ3) is 1.92. The van der Waals surface area contributed by atoms with Gasteiger partial charge in [0.25, 0.3) is 0 Å². The second-order valence-corrected chi connectivity index (χ2v) is 5.26. The molecule has 1 aliphatic heterocycles. The molecule has 0 spiro atoms. The molecule has 0 aliphatic carbocycles. The van der Waals surface area contributed by atoms with Gasteiger partial charge in [-0.2, -0.15) is 4.37 Å². The lowest BCUT2D eigenvalue weighted by atomic mass is 10.0. The summed E-state index contributed by atoms with van der Waals surface area (Å²) >= 11 is 1.45. The van der Waals surface area contributed by atoms with Crippen LogP contribution in [-0.4, -0.2) is 25.9 Å². The van der Waals surface area contributed by atoms with Crippen LogP contribution in [0, 0.1) is 6.92 Å². The molecule has 3 heterocycles.